The van der Waals surface area contributed by atoms with Crippen LogP contribution in [-0.4, -0.2) is 5.91 Å². The van der Waals surface area contributed by atoms with E-state index in [2.05, 4.69) is 21.2 Å². The number of furan rings is 1. The number of rotatable bonds is 4. The van der Waals surface area contributed by atoms with Crippen LogP contribution < -0.4 is 5.32 Å². The molecule has 0 aliphatic rings. The molecule has 0 unspecified atom stereocenters. The van der Waals surface area contributed by atoms with Crippen molar-refractivity contribution < 1.29 is 22.4 Å². The van der Waals surface area contributed by atoms with E-state index in [1.807, 2.05) is 24.3 Å². The summed E-state index contributed by atoms with van der Waals surface area (Å²) in [5.41, 5.74) is 0.121. The van der Waals surface area contributed by atoms with Gasteiger partial charge in [0, 0.05) is 21.8 Å². The lowest BCUT2D eigenvalue weighted by Crippen LogP contribution is -2.10. The van der Waals surface area contributed by atoms with E-state index in [-0.39, 0.29) is 5.69 Å². The van der Waals surface area contributed by atoms with E-state index in [0.29, 0.717) is 11.5 Å². The zero-order chi connectivity index (χ0) is 19.4. The normalized spacial score (nSPS) is 11.7. The van der Waals surface area contributed by atoms with E-state index in [1.165, 1.54) is 24.3 Å². The summed E-state index contributed by atoms with van der Waals surface area (Å²) in [6.45, 7) is 0. The molecule has 1 aromatic heterocycles. The number of nitrogens with one attached hydrogen (secondary N) is 1. The first kappa shape index (κ1) is 19.0. The van der Waals surface area contributed by atoms with Gasteiger partial charge in [-0.1, -0.05) is 34.1 Å². The topological polar surface area (TPSA) is 42.2 Å². The third-order valence-corrected chi connectivity index (χ3v) is 4.14. The van der Waals surface area contributed by atoms with Gasteiger partial charge in [-0.3, -0.25) is 4.79 Å². The summed E-state index contributed by atoms with van der Waals surface area (Å²) in [5.74, 6) is 0.531. The summed E-state index contributed by atoms with van der Waals surface area (Å²) in [5, 5.41) is 2.40. The van der Waals surface area contributed by atoms with Crippen LogP contribution in [0.3, 0.4) is 0 Å². The van der Waals surface area contributed by atoms with Gasteiger partial charge in [0.15, 0.2) is 0 Å². The minimum Gasteiger partial charge on any atom is -0.457 e. The summed E-state index contributed by atoms with van der Waals surface area (Å²) in [6.07, 6.45) is -1.82. The first-order valence-corrected chi connectivity index (χ1v) is 8.63. The van der Waals surface area contributed by atoms with Crippen molar-refractivity contribution in [2.45, 2.75) is 6.18 Å². The molecule has 3 aromatic rings. The van der Waals surface area contributed by atoms with Crippen LogP contribution in [0.15, 0.2) is 75.6 Å². The van der Waals surface area contributed by atoms with Crippen molar-refractivity contribution in [2.24, 2.45) is 0 Å². The Labute approximate surface area is 161 Å². The molecule has 0 saturated carbocycles. The highest BCUT2D eigenvalue weighted by molar-refractivity contribution is 9.10. The Morgan fingerprint density at radius 1 is 1.04 bits per heavy atom. The first-order valence-electron chi connectivity index (χ1n) is 7.83. The van der Waals surface area contributed by atoms with Gasteiger partial charge in [0.25, 0.3) is 0 Å². The molecule has 1 amide bonds. The number of anilines is 1. The SMILES string of the molecule is O=C(C=Cc1ccc(-c2ccc(Br)cc2)o1)Nc1cccc(C(F)(F)F)c1. The van der Waals surface area contributed by atoms with Gasteiger partial charge in [0.05, 0.1) is 5.56 Å². The first-order chi connectivity index (χ1) is 12.8. The average molecular weight is 436 g/mol. The second-order valence-corrected chi connectivity index (χ2v) is 6.53. The van der Waals surface area contributed by atoms with Gasteiger partial charge in [-0.15, -0.1) is 0 Å². The smallest absolute Gasteiger partial charge is 0.416 e. The Morgan fingerprint density at radius 3 is 2.48 bits per heavy atom. The van der Waals surface area contributed by atoms with Gasteiger partial charge >= 0.3 is 6.18 Å². The zero-order valence-corrected chi connectivity index (χ0v) is 15.3. The van der Waals surface area contributed by atoms with Crippen molar-refractivity contribution in [3.63, 3.8) is 0 Å². The molecule has 0 fully saturated rings. The Kier molecular flexibility index (Phi) is 5.51. The summed E-state index contributed by atoms with van der Waals surface area (Å²) < 4.78 is 44.7. The van der Waals surface area contributed by atoms with Crippen molar-refractivity contribution in [3.8, 4) is 11.3 Å². The maximum Gasteiger partial charge on any atom is 0.416 e. The number of halogens is 4. The number of hydrogen-bond donors (Lipinski definition) is 1. The van der Waals surface area contributed by atoms with Crippen molar-refractivity contribution in [2.75, 3.05) is 5.32 Å². The Morgan fingerprint density at radius 2 is 1.78 bits per heavy atom. The molecule has 3 rings (SSSR count). The van der Waals surface area contributed by atoms with Crippen LogP contribution >= 0.6 is 15.9 Å². The van der Waals surface area contributed by atoms with E-state index in [0.717, 1.165) is 22.2 Å². The molecule has 138 valence electrons. The predicted octanol–water partition coefficient (Wildman–Crippen LogP) is 6.38. The largest absolute Gasteiger partial charge is 0.457 e. The van der Waals surface area contributed by atoms with E-state index in [4.69, 9.17) is 4.42 Å². The van der Waals surface area contributed by atoms with Crippen LogP contribution in [0.2, 0.25) is 0 Å². The Hall–Kier alpha value is -2.80. The van der Waals surface area contributed by atoms with Crippen LogP contribution in [0, 0.1) is 0 Å². The monoisotopic (exact) mass is 435 g/mol. The van der Waals surface area contributed by atoms with Gasteiger partial charge in [-0.25, -0.2) is 0 Å². The van der Waals surface area contributed by atoms with Crippen LogP contribution in [0.5, 0.6) is 0 Å². The van der Waals surface area contributed by atoms with Crippen molar-refractivity contribution >= 4 is 33.6 Å². The number of hydrogen-bond acceptors (Lipinski definition) is 2. The molecule has 27 heavy (non-hydrogen) atoms. The minimum atomic E-state index is -4.46. The second-order valence-electron chi connectivity index (χ2n) is 5.61. The van der Waals surface area contributed by atoms with Crippen LogP contribution in [-0.2, 0) is 11.0 Å². The number of alkyl halides is 3. The van der Waals surface area contributed by atoms with E-state index in [1.54, 1.807) is 12.1 Å². The molecule has 0 saturated heterocycles. The van der Waals surface area contributed by atoms with Gasteiger partial charge in [-0.2, -0.15) is 13.2 Å². The van der Waals surface area contributed by atoms with Crippen LogP contribution in [0.25, 0.3) is 17.4 Å². The molecular weight excluding hydrogens is 423 g/mol. The third-order valence-electron chi connectivity index (χ3n) is 3.61. The van der Waals surface area contributed by atoms with Gasteiger partial charge in [0.2, 0.25) is 5.91 Å². The fraction of sp³-hybridized carbons (Fsp3) is 0.0500. The number of carbonyl (C=O) groups excluding carboxylic acids is 1. The molecule has 0 atom stereocenters. The standard InChI is InChI=1S/C20H13BrF3NO2/c21-15-6-4-13(5-7-15)18-10-8-17(27-18)9-11-19(26)25-16-3-1-2-14(12-16)20(22,23)24/h1-12H,(H,25,26). The Balaban J connectivity index is 1.66. The lowest BCUT2D eigenvalue weighted by Gasteiger charge is -2.08. The van der Waals surface area contributed by atoms with E-state index < -0.39 is 17.6 Å². The van der Waals surface area contributed by atoms with E-state index >= 15 is 0 Å². The lowest BCUT2D eigenvalue weighted by molar-refractivity contribution is -0.137. The molecule has 1 heterocycles. The molecule has 0 radical (unpaired) electrons. The highest BCUT2D eigenvalue weighted by Crippen LogP contribution is 2.30. The molecular formula is C20H13BrF3NO2. The second kappa shape index (κ2) is 7.84. The van der Waals surface area contributed by atoms with Gasteiger partial charge < -0.3 is 9.73 Å². The summed E-state index contributed by atoms with van der Waals surface area (Å²) in [7, 11) is 0. The average Bonchev–Trinajstić information content (AvgIpc) is 3.09. The van der Waals surface area contributed by atoms with Crippen LogP contribution in [0.1, 0.15) is 11.3 Å². The molecule has 3 nitrogen and oxygen atoms in total. The number of carbonyl (C=O) groups is 1. The fourth-order valence-electron chi connectivity index (χ4n) is 2.33. The predicted molar refractivity (Wildman–Crippen MR) is 101 cm³/mol. The van der Waals surface area contributed by atoms with Gasteiger partial charge in [-0.05, 0) is 48.5 Å². The summed E-state index contributed by atoms with van der Waals surface area (Å²) >= 11 is 3.36. The van der Waals surface area contributed by atoms with Crippen molar-refractivity contribution in [3.05, 3.63) is 82.5 Å². The molecule has 0 spiro atoms. The fourth-order valence-corrected chi connectivity index (χ4v) is 2.59. The van der Waals surface area contributed by atoms with Crippen LogP contribution in [0.4, 0.5) is 18.9 Å². The summed E-state index contributed by atoms with van der Waals surface area (Å²) in [6, 6.07) is 15.5. The number of benzene rings is 2. The molecule has 0 bridgehead atoms. The van der Waals surface area contributed by atoms with Crippen molar-refractivity contribution in [1.82, 2.24) is 0 Å². The maximum absolute atomic E-state index is 12.7. The van der Waals surface area contributed by atoms with Crippen molar-refractivity contribution in [1.29, 1.82) is 0 Å². The van der Waals surface area contributed by atoms with Gasteiger partial charge in [0.1, 0.15) is 11.5 Å². The molecule has 2 aromatic carbocycles. The third kappa shape index (κ3) is 5.10. The summed E-state index contributed by atoms with van der Waals surface area (Å²) in [4.78, 5) is 11.9. The number of amides is 1. The quantitative estimate of drug-likeness (QED) is 0.483. The van der Waals surface area contributed by atoms with E-state index in [9.17, 15) is 18.0 Å². The minimum absolute atomic E-state index is 0.0643. The molecule has 0 aliphatic carbocycles. The highest BCUT2D eigenvalue weighted by atomic mass is 79.9. The molecule has 7 heteroatoms. The lowest BCUT2D eigenvalue weighted by atomic mass is 10.2. The Bertz CT molecular complexity index is 975. The maximum atomic E-state index is 12.7. The molecule has 1 N–H and O–H groups in total. The molecule has 0 aliphatic heterocycles. The zero-order valence-electron chi connectivity index (χ0n) is 13.8. The highest BCUT2D eigenvalue weighted by Gasteiger charge is 2.30.